The van der Waals surface area contributed by atoms with Gasteiger partial charge in [-0.3, -0.25) is 4.98 Å². The molecule has 3 aromatic heterocycles. The lowest BCUT2D eigenvalue weighted by molar-refractivity contribution is 0.530. The molecule has 29 heavy (non-hydrogen) atoms. The number of aromatic nitrogens is 6. The van der Waals surface area contributed by atoms with E-state index >= 15 is 0 Å². The highest BCUT2D eigenvalue weighted by Gasteiger charge is 2.06. The van der Waals surface area contributed by atoms with Crippen molar-refractivity contribution in [1.82, 2.24) is 30.4 Å². The van der Waals surface area contributed by atoms with Crippen LogP contribution >= 0.6 is 11.6 Å². The summed E-state index contributed by atoms with van der Waals surface area (Å²) in [5.41, 5.74) is 1.48. The monoisotopic (exact) mass is 416 g/mol. The summed E-state index contributed by atoms with van der Waals surface area (Å²) in [4.78, 5) is 7.88. The Kier molecular flexibility index (Phi) is 10.8. The van der Waals surface area contributed by atoms with Crippen LogP contribution in [0.2, 0.25) is 5.02 Å². The summed E-state index contributed by atoms with van der Waals surface area (Å²) in [6, 6.07) is 7.26. The number of benzene rings is 1. The van der Waals surface area contributed by atoms with Crippen LogP contribution in [0.5, 0.6) is 0 Å². The lowest BCUT2D eigenvalue weighted by atomic mass is 10.2. The van der Waals surface area contributed by atoms with Gasteiger partial charge in [-0.15, -0.1) is 20.4 Å². The van der Waals surface area contributed by atoms with Gasteiger partial charge in [0, 0.05) is 36.8 Å². The molecule has 0 radical (unpaired) electrons. The van der Waals surface area contributed by atoms with E-state index in [-0.39, 0.29) is 0 Å². The molecule has 0 amide bonds. The molecule has 0 saturated heterocycles. The largest absolute Gasteiger partial charge is 0.421 e. The molecule has 0 bridgehead atoms. The van der Waals surface area contributed by atoms with Crippen molar-refractivity contribution >= 4 is 11.6 Å². The van der Waals surface area contributed by atoms with Crippen LogP contribution in [0.15, 0.2) is 51.7 Å². The first-order valence-corrected chi connectivity index (χ1v) is 9.62. The lowest BCUT2D eigenvalue weighted by Crippen LogP contribution is -1.83. The Labute approximate surface area is 175 Å². The maximum Gasteiger partial charge on any atom is 0.267 e. The third-order valence-electron chi connectivity index (χ3n) is 2.93. The van der Waals surface area contributed by atoms with Crippen LogP contribution in [-0.2, 0) is 0 Å². The van der Waals surface area contributed by atoms with Crippen LogP contribution in [0.25, 0.3) is 23.0 Å². The van der Waals surface area contributed by atoms with E-state index in [0.29, 0.717) is 34.3 Å². The van der Waals surface area contributed by atoms with Gasteiger partial charge in [0.15, 0.2) is 0 Å². The average Bonchev–Trinajstić information content (AvgIpc) is 3.41. The summed E-state index contributed by atoms with van der Waals surface area (Å²) < 4.78 is 10.4. The van der Waals surface area contributed by atoms with Gasteiger partial charge >= 0.3 is 0 Å². The molecule has 0 fully saturated rings. The molecular formula is C20H25ClN6O2. The Morgan fingerprint density at radius 1 is 0.724 bits per heavy atom. The molecule has 4 rings (SSSR count). The molecule has 8 nitrogen and oxygen atoms in total. The normalized spacial score (nSPS) is 9.21. The SMILES string of the molecule is CC.CC.Cc1nnc(-c2ccc(Cl)cc2)o1.Cc1nnc(-c2cnccn2)o1. The van der Waals surface area contributed by atoms with Crippen molar-refractivity contribution < 1.29 is 8.83 Å². The van der Waals surface area contributed by atoms with Crippen molar-refractivity contribution in [2.45, 2.75) is 41.5 Å². The van der Waals surface area contributed by atoms with Gasteiger partial charge in [0.05, 0.1) is 6.20 Å². The predicted molar refractivity (Wildman–Crippen MR) is 112 cm³/mol. The van der Waals surface area contributed by atoms with E-state index in [1.54, 1.807) is 44.6 Å². The fraction of sp³-hybridized carbons (Fsp3) is 0.300. The number of aryl methyl sites for hydroxylation is 2. The highest BCUT2D eigenvalue weighted by atomic mass is 35.5. The molecule has 0 atom stereocenters. The summed E-state index contributed by atoms with van der Waals surface area (Å²) in [6.07, 6.45) is 4.74. The van der Waals surface area contributed by atoms with Crippen molar-refractivity contribution in [3.05, 3.63) is 59.7 Å². The summed E-state index contributed by atoms with van der Waals surface area (Å²) in [5, 5.41) is 15.8. The zero-order chi connectivity index (χ0) is 21.6. The molecule has 0 spiro atoms. The maximum atomic E-state index is 5.74. The molecule has 0 aliphatic heterocycles. The summed E-state index contributed by atoms with van der Waals surface area (Å²) in [7, 11) is 0. The van der Waals surface area contributed by atoms with Gasteiger partial charge in [0.1, 0.15) is 5.69 Å². The first kappa shape index (κ1) is 23.9. The van der Waals surface area contributed by atoms with Gasteiger partial charge in [-0.1, -0.05) is 39.3 Å². The van der Waals surface area contributed by atoms with Crippen molar-refractivity contribution in [2.24, 2.45) is 0 Å². The molecule has 3 heterocycles. The maximum absolute atomic E-state index is 5.74. The summed E-state index contributed by atoms with van der Waals surface area (Å²) in [6.45, 7) is 11.5. The smallest absolute Gasteiger partial charge is 0.267 e. The quantitative estimate of drug-likeness (QED) is 0.416. The standard InChI is InChI=1S/C9H7ClN2O.C7H6N4O.2C2H6/c1-6-11-12-9(13-6)7-2-4-8(10)5-3-7;1-5-10-11-7(12-5)6-4-8-2-3-9-6;2*1-2/h2-5H,1H3;2-4H,1H3;2*1-2H3. The van der Waals surface area contributed by atoms with Crippen LogP contribution < -0.4 is 0 Å². The van der Waals surface area contributed by atoms with Crippen molar-refractivity contribution in [3.63, 3.8) is 0 Å². The Morgan fingerprint density at radius 3 is 1.72 bits per heavy atom. The number of halogens is 1. The second-order valence-corrected chi connectivity index (χ2v) is 5.29. The first-order valence-electron chi connectivity index (χ1n) is 9.24. The van der Waals surface area contributed by atoms with E-state index in [4.69, 9.17) is 20.4 Å². The van der Waals surface area contributed by atoms with Gasteiger partial charge in [-0.2, -0.15) is 0 Å². The third kappa shape index (κ3) is 7.79. The minimum Gasteiger partial charge on any atom is -0.421 e. The highest BCUT2D eigenvalue weighted by molar-refractivity contribution is 6.30. The minimum atomic E-state index is 0.403. The Hall–Kier alpha value is -3.13. The van der Waals surface area contributed by atoms with Gasteiger partial charge in [-0.05, 0) is 24.3 Å². The predicted octanol–water partition coefficient (Wildman–Crippen LogP) is 5.59. The van der Waals surface area contributed by atoms with Crippen LogP contribution in [0, 0.1) is 13.8 Å². The molecule has 0 aliphatic carbocycles. The fourth-order valence-electron chi connectivity index (χ4n) is 1.82. The van der Waals surface area contributed by atoms with E-state index in [2.05, 4.69) is 30.4 Å². The molecule has 154 valence electrons. The molecule has 4 aromatic rings. The number of nitrogens with zero attached hydrogens (tertiary/aromatic N) is 6. The Balaban J connectivity index is 0.000000248. The average molecular weight is 417 g/mol. The van der Waals surface area contributed by atoms with Gasteiger partial charge in [0.25, 0.3) is 5.89 Å². The van der Waals surface area contributed by atoms with Gasteiger partial charge in [-0.25, -0.2) is 4.98 Å². The second-order valence-electron chi connectivity index (χ2n) is 4.85. The minimum absolute atomic E-state index is 0.403. The topological polar surface area (TPSA) is 104 Å². The summed E-state index contributed by atoms with van der Waals surface area (Å²) >= 11 is 5.74. The van der Waals surface area contributed by atoms with E-state index in [1.807, 2.05) is 39.8 Å². The molecule has 1 aromatic carbocycles. The molecule has 0 aliphatic rings. The van der Waals surface area contributed by atoms with E-state index in [0.717, 1.165) is 5.56 Å². The fourth-order valence-corrected chi connectivity index (χ4v) is 1.94. The van der Waals surface area contributed by atoms with Gasteiger partial charge < -0.3 is 8.83 Å². The Bertz CT molecular complexity index is 939. The van der Waals surface area contributed by atoms with Crippen molar-refractivity contribution in [1.29, 1.82) is 0 Å². The zero-order valence-electron chi connectivity index (χ0n) is 17.4. The molecule has 0 N–H and O–H groups in total. The van der Waals surface area contributed by atoms with Crippen LogP contribution in [0.4, 0.5) is 0 Å². The van der Waals surface area contributed by atoms with Gasteiger partial charge in [0.2, 0.25) is 17.7 Å². The van der Waals surface area contributed by atoms with Crippen LogP contribution in [0.3, 0.4) is 0 Å². The molecule has 0 saturated carbocycles. The zero-order valence-corrected chi connectivity index (χ0v) is 18.2. The molecule has 0 unspecified atom stereocenters. The Morgan fingerprint density at radius 2 is 1.28 bits per heavy atom. The number of hydrogen-bond donors (Lipinski definition) is 0. The number of rotatable bonds is 2. The lowest BCUT2D eigenvalue weighted by Gasteiger charge is -1.93. The first-order chi connectivity index (χ1) is 14.1. The number of hydrogen-bond acceptors (Lipinski definition) is 8. The van der Waals surface area contributed by atoms with Crippen LogP contribution in [0.1, 0.15) is 39.5 Å². The third-order valence-corrected chi connectivity index (χ3v) is 3.18. The molecule has 9 heteroatoms. The van der Waals surface area contributed by atoms with E-state index in [9.17, 15) is 0 Å². The van der Waals surface area contributed by atoms with Crippen molar-refractivity contribution in [2.75, 3.05) is 0 Å². The van der Waals surface area contributed by atoms with E-state index in [1.165, 1.54) is 0 Å². The highest BCUT2D eigenvalue weighted by Crippen LogP contribution is 2.19. The summed E-state index contributed by atoms with van der Waals surface area (Å²) in [5.74, 6) is 2.01. The van der Waals surface area contributed by atoms with E-state index < -0.39 is 0 Å². The van der Waals surface area contributed by atoms with Crippen LogP contribution in [-0.4, -0.2) is 30.4 Å². The second kappa shape index (κ2) is 13.1. The van der Waals surface area contributed by atoms with Crippen molar-refractivity contribution in [3.8, 4) is 23.0 Å². The molecular weight excluding hydrogens is 392 g/mol.